The summed E-state index contributed by atoms with van der Waals surface area (Å²) in [6.07, 6.45) is 0.830. The lowest BCUT2D eigenvalue weighted by Gasteiger charge is -2.44. The summed E-state index contributed by atoms with van der Waals surface area (Å²) >= 11 is 6.07. The van der Waals surface area contributed by atoms with Gasteiger partial charge < -0.3 is 19.9 Å². The number of benzene rings is 2. The zero-order valence-corrected chi connectivity index (χ0v) is 21.8. The third kappa shape index (κ3) is 5.40. The van der Waals surface area contributed by atoms with Crippen molar-refractivity contribution in [3.63, 3.8) is 0 Å². The Morgan fingerprint density at radius 2 is 1.81 bits per heavy atom. The molecule has 9 heteroatoms. The Morgan fingerprint density at radius 1 is 1.08 bits per heavy atom. The van der Waals surface area contributed by atoms with Crippen LogP contribution in [0.25, 0.3) is 0 Å². The highest BCUT2D eigenvalue weighted by Gasteiger charge is 2.54. The summed E-state index contributed by atoms with van der Waals surface area (Å²) in [5.74, 6) is -0.568. The van der Waals surface area contributed by atoms with E-state index in [1.54, 1.807) is 40.1 Å². The predicted octanol–water partition coefficient (Wildman–Crippen LogP) is 2.80. The number of amides is 3. The maximum atomic E-state index is 13.9. The van der Waals surface area contributed by atoms with Gasteiger partial charge in [-0.1, -0.05) is 35.9 Å². The van der Waals surface area contributed by atoms with Crippen molar-refractivity contribution in [2.45, 2.75) is 31.5 Å². The molecule has 192 valence electrons. The van der Waals surface area contributed by atoms with Crippen LogP contribution in [0.5, 0.6) is 0 Å². The van der Waals surface area contributed by atoms with Gasteiger partial charge in [0, 0.05) is 55.2 Å². The summed E-state index contributed by atoms with van der Waals surface area (Å²) in [4.78, 5) is 45.5. The van der Waals surface area contributed by atoms with Crippen LogP contribution in [0.15, 0.2) is 48.5 Å². The lowest BCUT2D eigenvalue weighted by atomic mass is 9.95. The molecule has 1 atom stereocenters. The highest BCUT2D eigenvalue weighted by atomic mass is 35.5. The molecule has 1 unspecified atom stereocenters. The van der Waals surface area contributed by atoms with Crippen molar-refractivity contribution in [1.82, 2.24) is 20.0 Å². The maximum Gasteiger partial charge on any atom is 0.257 e. The van der Waals surface area contributed by atoms with E-state index in [4.69, 9.17) is 16.3 Å². The third-order valence-electron chi connectivity index (χ3n) is 6.92. The fraction of sp³-hybridized carbons (Fsp3) is 0.444. The van der Waals surface area contributed by atoms with Crippen LogP contribution in [0.3, 0.4) is 0 Å². The fourth-order valence-electron chi connectivity index (χ4n) is 4.89. The molecule has 1 spiro atoms. The van der Waals surface area contributed by atoms with Gasteiger partial charge in [0.25, 0.3) is 11.8 Å². The van der Waals surface area contributed by atoms with Gasteiger partial charge in [-0.3, -0.25) is 19.3 Å². The minimum absolute atomic E-state index is 0.111. The lowest BCUT2D eigenvalue weighted by molar-refractivity contribution is -0.128. The van der Waals surface area contributed by atoms with Gasteiger partial charge in [-0.2, -0.15) is 0 Å². The number of hydrogen-bond donors (Lipinski definition) is 1. The highest BCUT2D eigenvalue weighted by Crippen LogP contribution is 2.39. The number of likely N-dealkylation sites (tertiary alicyclic amines) is 1. The lowest BCUT2D eigenvalue weighted by Crippen LogP contribution is -2.60. The average molecular weight is 513 g/mol. The third-order valence-corrected chi connectivity index (χ3v) is 7.15. The molecule has 2 saturated heterocycles. The van der Waals surface area contributed by atoms with E-state index < -0.39 is 11.8 Å². The Balaban J connectivity index is 1.56. The zero-order chi connectivity index (χ0) is 25.9. The van der Waals surface area contributed by atoms with Crippen molar-refractivity contribution in [3.8, 4) is 0 Å². The van der Waals surface area contributed by atoms with E-state index in [9.17, 15) is 14.4 Å². The monoisotopic (exact) mass is 512 g/mol. The van der Waals surface area contributed by atoms with E-state index in [1.165, 1.54) is 0 Å². The van der Waals surface area contributed by atoms with Crippen LogP contribution in [0.4, 0.5) is 0 Å². The Labute approximate surface area is 217 Å². The van der Waals surface area contributed by atoms with Crippen molar-refractivity contribution < 1.29 is 19.1 Å². The molecule has 2 aliphatic rings. The minimum atomic E-state index is -0.950. The molecule has 0 radical (unpaired) electrons. The Hall–Kier alpha value is -2.94. The van der Waals surface area contributed by atoms with Crippen LogP contribution < -0.4 is 5.32 Å². The molecular formula is C27H33ClN4O4. The fourth-order valence-corrected chi connectivity index (χ4v) is 5.08. The molecule has 0 aromatic heterocycles. The zero-order valence-electron chi connectivity index (χ0n) is 21.0. The van der Waals surface area contributed by atoms with Crippen LogP contribution in [0.1, 0.15) is 39.1 Å². The maximum absolute atomic E-state index is 13.9. The molecule has 2 fully saturated rings. The van der Waals surface area contributed by atoms with Crippen LogP contribution in [0, 0.1) is 6.92 Å². The summed E-state index contributed by atoms with van der Waals surface area (Å²) in [6.45, 7) is 3.97. The summed E-state index contributed by atoms with van der Waals surface area (Å²) < 4.78 is 6.27. The Morgan fingerprint density at radius 3 is 2.47 bits per heavy atom. The van der Waals surface area contributed by atoms with Crippen molar-refractivity contribution >= 4 is 29.3 Å². The molecule has 3 amide bonds. The molecule has 4 rings (SSSR count). The summed E-state index contributed by atoms with van der Waals surface area (Å²) in [7, 11) is 3.87. The SMILES string of the molecule is Cc1ccccc1C(=O)N1C(C(=O)NCCN(C)C)COC12CCN(C(=O)c1cccc(Cl)c1)CC2. The average Bonchev–Trinajstić information content (AvgIpc) is 3.22. The van der Waals surface area contributed by atoms with Crippen molar-refractivity contribution in [2.24, 2.45) is 0 Å². The Bertz CT molecular complexity index is 1130. The normalized spacial score (nSPS) is 19.1. The molecule has 2 heterocycles. The number of rotatable bonds is 6. The molecule has 36 heavy (non-hydrogen) atoms. The molecular weight excluding hydrogens is 480 g/mol. The first-order chi connectivity index (χ1) is 17.2. The second-order valence-corrected chi connectivity index (χ2v) is 10.1. The first kappa shape index (κ1) is 26.1. The second-order valence-electron chi connectivity index (χ2n) is 9.66. The number of halogens is 1. The number of aryl methyl sites for hydroxylation is 1. The van der Waals surface area contributed by atoms with Crippen molar-refractivity contribution in [3.05, 3.63) is 70.2 Å². The number of likely N-dealkylation sites (N-methyl/N-ethyl adjacent to an activating group) is 1. The highest BCUT2D eigenvalue weighted by molar-refractivity contribution is 6.30. The van der Waals surface area contributed by atoms with Crippen molar-refractivity contribution in [1.29, 1.82) is 0 Å². The minimum Gasteiger partial charge on any atom is -0.353 e. The van der Waals surface area contributed by atoms with E-state index in [0.717, 1.165) is 5.56 Å². The van der Waals surface area contributed by atoms with Crippen LogP contribution >= 0.6 is 11.6 Å². The van der Waals surface area contributed by atoms with Gasteiger partial charge in [0.1, 0.15) is 11.8 Å². The second kappa shape index (κ2) is 11.0. The number of carbonyl (C=O) groups excluding carboxylic acids is 3. The number of nitrogens with zero attached hydrogens (tertiary/aromatic N) is 3. The standard InChI is InChI=1S/C27H33ClN4O4/c1-19-7-4-5-10-22(19)26(35)32-23(24(33)29-13-16-30(2)3)18-36-27(32)11-14-31(15-12-27)25(34)20-8-6-9-21(28)17-20/h4-10,17,23H,11-16,18H2,1-3H3,(H,29,33). The van der Waals surface area contributed by atoms with E-state index in [1.807, 2.05) is 44.1 Å². The number of nitrogens with one attached hydrogen (secondary N) is 1. The smallest absolute Gasteiger partial charge is 0.257 e. The number of ether oxygens (including phenoxy) is 1. The van der Waals surface area contributed by atoms with E-state index in [2.05, 4.69) is 5.32 Å². The van der Waals surface area contributed by atoms with Crippen LogP contribution in [-0.2, 0) is 9.53 Å². The van der Waals surface area contributed by atoms with Crippen LogP contribution in [0.2, 0.25) is 5.02 Å². The van der Waals surface area contributed by atoms with Gasteiger partial charge >= 0.3 is 0 Å². The van der Waals surface area contributed by atoms with Gasteiger partial charge in [0.2, 0.25) is 5.91 Å². The number of piperidine rings is 1. The quantitative estimate of drug-likeness (QED) is 0.643. The summed E-state index contributed by atoms with van der Waals surface area (Å²) in [5.41, 5.74) is 0.959. The molecule has 2 aromatic rings. The van der Waals surface area contributed by atoms with Gasteiger partial charge in [-0.25, -0.2) is 0 Å². The molecule has 0 aliphatic carbocycles. The first-order valence-corrected chi connectivity index (χ1v) is 12.6. The van der Waals surface area contributed by atoms with Gasteiger partial charge in [0.15, 0.2) is 0 Å². The Kier molecular flexibility index (Phi) is 7.97. The number of hydrogen-bond acceptors (Lipinski definition) is 5. The molecule has 1 N–H and O–H groups in total. The number of carbonyl (C=O) groups is 3. The topological polar surface area (TPSA) is 82.2 Å². The molecule has 0 bridgehead atoms. The van der Waals surface area contributed by atoms with Gasteiger partial charge in [-0.05, 0) is 50.8 Å². The van der Waals surface area contributed by atoms with E-state index >= 15 is 0 Å². The van der Waals surface area contributed by atoms with E-state index in [0.29, 0.717) is 55.2 Å². The molecule has 8 nitrogen and oxygen atoms in total. The predicted molar refractivity (Wildman–Crippen MR) is 138 cm³/mol. The van der Waals surface area contributed by atoms with Crippen molar-refractivity contribution in [2.75, 3.05) is 46.9 Å². The van der Waals surface area contributed by atoms with Gasteiger partial charge in [0.05, 0.1) is 6.61 Å². The molecule has 2 aliphatic heterocycles. The largest absolute Gasteiger partial charge is 0.353 e. The van der Waals surface area contributed by atoms with E-state index in [-0.39, 0.29) is 24.3 Å². The van der Waals surface area contributed by atoms with Gasteiger partial charge in [-0.15, -0.1) is 0 Å². The molecule has 2 aromatic carbocycles. The molecule has 0 saturated carbocycles. The summed E-state index contributed by atoms with van der Waals surface area (Å²) in [6, 6.07) is 13.5. The first-order valence-electron chi connectivity index (χ1n) is 12.2. The van der Waals surface area contributed by atoms with Crippen LogP contribution in [-0.4, -0.2) is 91.1 Å². The summed E-state index contributed by atoms with van der Waals surface area (Å²) in [5, 5.41) is 3.46.